The highest BCUT2D eigenvalue weighted by Gasteiger charge is 2.15. The molecule has 1 atom stereocenters. The minimum Gasteiger partial charge on any atom is -0.497 e. The summed E-state index contributed by atoms with van der Waals surface area (Å²) in [5, 5.41) is 0.743. The topological polar surface area (TPSA) is 45.5 Å². The van der Waals surface area contributed by atoms with E-state index in [1.807, 2.05) is 53.2 Å². The summed E-state index contributed by atoms with van der Waals surface area (Å²) in [5.74, 6) is 2.07. The summed E-state index contributed by atoms with van der Waals surface area (Å²) in [4.78, 5) is 4.12. The highest BCUT2D eigenvalue weighted by atomic mass is 35.5. The predicted molar refractivity (Wildman–Crippen MR) is 106 cm³/mol. The van der Waals surface area contributed by atoms with Gasteiger partial charge in [-0.3, -0.25) is 0 Å². The van der Waals surface area contributed by atoms with E-state index in [0.29, 0.717) is 18.0 Å². The standard InChI is InChI=1S/C21H23ClN2O3/c1-25-18-9-10-20(21(13-18)26-2)27-19(14-24-12-11-23-15-24)8-5-16-3-6-17(22)7-4-16/h3-4,6-7,9-13,15,19H,5,8,14H2,1-2H3. The Labute approximate surface area is 164 Å². The maximum Gasteiger partial charge on any atom is 0.164 e. The van der Waals surface area contributed by atoms with Gasteiger partial charge in [-0.15, -0.1) is 0 Å². The SMILES string of the molecule is COc1ccc(OC(CCc2ccc(Cl)cc2)Cn2ccnc2)c(OC)c1. The van der Waals surface area contributed by atoms with Crippen LogP contribution in [0.15, 0.2) is 61.2 Å². The molecule has 5 nitrogen and oxygen atoms in total. The Morgan fingerprint density at radius 1 is 1.04 bits per heavy atom. The molecule has 0 aliphatic rings. The fourth-order valence-electron chi connectivity index (χ4n) is 2.85. The Hall–Kier alpha value is -2.66. The van der Waals surface area contributed by atoms with Gasteiger partial charge in [-0.1, -0.05) is 23.7 Å². The zero-order valence-electron chi connectivity index (χ0n) is 15.5. The third-order valence-corrected chi connectivity index (χ3v) is 4.56. The molecule has 27 heavy (non-hydrogen) atoms. The summed E-state index contributed by atoms with van der Waals surface area (Å²) in [6.45, 7) is 0.697. The molecule has 0 fully saturated rings. The average Bonchev–Trinajstić information content (AvgIpc) is 3.20. The monoisotopic (exact) mass is 386 g/mol. The number of hydrogen-bond donors (Lipinski definition) is 0. The van der Waals surface area contributed by atoms with Crippen molar-refractivity contribution in [1.29, 1.82) is 0 Å². The van der Waals surface area contributed by atoms with Crippen LogP contribution in [0.4, 0.5) is 0 Å². The number of aryl methyl sites for hydroxylation is 1. The molecule has 0 bridgehead atoms. The number of aromatic nitrogens is 2. The van der Waals surface area contributed by atoms with E-state index in [-0.39, 0.29) is 6.10 Å². The second-order valence-corrected chi connectivity index (χ2v) is 6.62. The van der Waals surface area contributed by atoms with Crippen molar-refractivity contribution in [3.8, 4) is 17.2 Å². The minimum atomic E-state index is -0.0443. The van der Waals surface area contributed by atoms with Crippen LogP contribution in [-0.4, -0.2) is 29.9 Å². The maximum atomic E-state index is 6.30. The Balaban J connectivity index is 1.74. The molecule has 0 N–H and O–H groups in total. The molecule has 2 aromatic carbocycles. The number of halogens is 1. The van der Waals surface area contributed by atoms with Crippen LogP contribution in [0.25, 0.3) is 0 Å². The van der Waals surface area contributed by atoms with Crippen LogP contribution in [0.1, 0.15) is 12.0 Å². The van der Waals surface area contributed by atoms with Gasteiger partial charge in [0.1, 0.15) is 11.9 Å². The molecular formula is C21H23ClN2O3. The largest absolute Gasteiger partial charge is 0.497 e. The number of rotatable bonds is 9. The number of ether oxygens (including phenoxy) is 3. The van der Waals surface area contributed by atoms with Gasteiger partial charge in [0, 0.05) is 23.5 Å². The Morgan fingerprint density at radius 3 is 2.52 bits per heavy atom. The van der Waals surface area contributed by atoms with Gasteiger partial charge in [0.25, 0.3) is 0 Å². The first-order valence-electron chi connectivity index (χ1n) is 8.77. The molecule has 1 heterocycles. The molecule has 0 radical (unpaired) electrons. The van der Waals surface area contributed by atoms with Gasteiger partial charge < -0.3 is 18.8 Å². The van der Waals surface area contributed by atoms with E-state index >= 15 is 0 Å². The summed E-state index contributed by atoms with van der Waals surface area (Å²) in [6, 6.07) is 13.5. The number of benzene rings is 2. The van der Waals surface area contributed by atoms with Gasteiger partial charge >= 0.3 is 0 Å². The summed E-state index contributed by atoms with van der Waals surface area (Å²) >= 11 is 5.98. The van der Waals surface area contributed by atoms with Crippen LogP contribution in [0, 0.1) is 0 Å². The van der Waals surface area contributed by atoms with Crippen molar-refractivity contribution in [3.63, 3.8) is 0 Å². The van der Waals surface area contributed by atoms with E-state index in [0.717, 1.165) is 23.6 Å². The lowest BCUT2D eigenvalue weighted by atomic mass is 10.1. The first-order chi connectivity index (χ1) is 13.2. The molecule has 0 aliphatic heterocycles. The second-order valence-electron chi connectivity index (χ2n) is 6.18. The van der Waals surface area contributed by atoms with Gasteiger partial charge in [0.15, 0.2) is 11.5 Å². The van der Waals surface area contributed by atoms with Crippen LogP contribution in [0.2, 0.25) is 5.02 Å². The quantitative estimate of drug-likeness (QED) is 0.537. The molecule has 6 heteroatoms. The van der Waals surface area contributed by atoms with Crippen molar-refractivity contribution < 1.29 is 14.2 Å². The molecule has 0 spiro atoms. The summed E-state index contributed by atoms with van der Waals surface area (Å²) in [7, 11) is 3.25. The van der Waals surface area contributed by atoms with Crippen LogP contribution in [0.3, 0.4) is 0 Å². The summed E-state index contributed by atoms with van der Waals surface area (Å²) in [6.07, 6.45) is 7.18. The lowest BCUT2D eigenvalue weighted by molar-refractivity contribution is 0.164. The van der Waals surface area contributed by atoms with Crippen LogP contribution in [0.5, 0.6) is 17.2 Å². The van der Waals surface area contributed by atoms with E-state index in [9.17, 15) is 0 Å². The average molecular weight is 387 g/mol. The van der Waals surface area contributed by atoms with E-state index in [1.165, 1.54) is 5.56 Å². The van der Waals surface area contributed by atoms with Crippen LogP contribution >= 0.6 is 11.6 Å². The van der Waals surface area contributed by atoms with Crippen molar-refractivity contribution in [3.05, 3.63) is 71.8 Å². The zero-order valence-corrected chi connectivity index (χ0v) is 16.2. The first-order valence-corrected chi connectivity index (χ1v) is 9.14. The second kappa shape index (κ2) is 9.33. The normalized spacial score (nSPS) is 11.8. The van der Waals surface area contributed by atoms with E-state index in [1.54, 1.807) is 26.7 Å². The van der Waals surface area contributed by atoms with Gasteiger partial charge in [-0.25, -0.2) is 4.98 Å². The van der Waals surface area contributed by atoms with Crippen molar-refractivity contribution >= 4 is 11.6 Å². The van der Waals surface area contributed by atoms with E-state index in [4.69, 9.17) is 25.8 Å². The number of hydrogen-bond acceptors (Lipinski definition) is 4. The molecule has 1 aromatic heterocycles. The fourth-order valence-corrected chi connectivity index (χ4v) is 2.97. The van der Waals surface area contributed by atoms with E-state index in [2.05, 4.69) is 4.98 Å². The molecule has 0 saturated heterocycles. The molecule has 1 unspecified atom stereocenters. The van der Waals surface area contributed by atoms with Crippen molar-refractivity contribution in [2.24, 2.45) is 0 Å². The zero-order chi connectivity index (χ0) is 19.1. The summed E-state index contributed by atoms with van der Waals surface area (Å²) in [5.41, 5.74) is 1.22. The minimum absolute atomic E-state index is 0.0443. The lowest BCUT2D eigenvalue weighted by Crippen LogP contribution is -2.23. The Bertz CT molecular complexity index is 835. The lowest BCUT2D eigenvalue weighted by Gasteiger charge is -2.21. The Morgan fingerprint density at radius 2 is 1.85 bits per heavy atom. The predicted octanol–water partition coefficient (Wildman–Crippen LogP) is 4.63. The number of nitrogens with zero attached hydrogens (tertiary/aromatic N) is 2. The van der Waals surface area contributed by atoms with Gasteiger partial charge in [0.2, 0.25) is 0 Å². The molecule has 0 aliphatic carbocycles. The van der Waals surface area contributed by atoms with Gasteiger partial charge in [-0.2, -0.15) is 0 Å². The molecule has 142 valence electrons. The number of methoxy groups -OCH3 is 2. The number of imidazole rings is 1. The molecule has 3 aromatic rings. The first kappa shape index (κ1) is 19.1. The van der Waals surface area contributed by atoms with Crippen molar-refractivity contribution in [1.82, 2.24) is 9.55 Å². The van der Waals surface area contributed by atoms with Crippen LogP contribution < -0.4 is 14.2 Å². The smallest absolute Gasteiger partial charge is 0.164 e. The third-order valence-electron chi connectivity index (χ3n) is 4.31. The van der Waals surface area contributed by atoms with E-state index < -0.39 is 0 Å². The highest BCUT2D eigenvalue weighted by molar-refractivity contribution is 6.30. The fraction of sp³-hybridized carbons (Fsp3) is 0.286. The van der Waals surface area contributed by atoms with Crippen molar-refractivity contribution in [2.75, 3.05) is 14.2 Å². The van der Waals surface area contributed by atoms with Crippen molar-refractivity contribution in [2.45, 2.75) is 25.5 Å². The molecule has 3 rings (SSSR count). The Kier molecular flexibility index (Phi) is 6.60. The molecule has 0 amide bonds. The maximum absolute atomic E-state index is 6.30. The highest BCUT2D eigenvalue weighted by Crippen LogP contribution is 2.32. The van der Waals surface area contributed by atoms with Crippen LogP contribution in [-0.2, 0) is 13.0 Å². The molecular weight excluding hydrogens is 364 g/mol. The van der Waals surface area contributed by atoms with Gasteiger partial charge in [-0.05, 0) is 42.7 Å². The third kappa shape index (κ3) is 5.41. The summed E-state index contributed by atoms with van der Waals surface area (Å²) < 4.78 is 19.0. The molecule has 0 saturated carbocycles. The van der Waals surface area contributed by atoms with Gasteiger partial charge in [0.05, 0.1) is 27.1 Å².